The van der Waals surface area contributed by atoms with Crippen LogP contribution >= 0.6 is 0 Å². The molecule has 0 amide bonds. The van der Waals surface area contributed by atoms with Crippen LogP contribution in [0.4, 0.5) is 0 Å². The fraction of sp³-hybridized carbons (Fsp3) is 0.286. The number of nitrogens with one attached hydrogen (secondary N) is 1. The van der Waals surface area contributed by atoms with Gasteiger partial charge < -0.3 is 9.73 Å². The molecule has 0 spiro atoms. The Morgan fingerprint density at radius 2 is 2.19 bits per heavy atom. The van der Waals surface area contributed by atoms with E-state index in [1.165, 1.54) is 16.7 Å². The normalized spacial score (nSPS) is 19.4. The largest absolute Gasteiger partial charge is 0.464 e. The molecule has 0 saturated heterocycles. The second-order valence-electron chi connectivity index (χ2n) is 4.28. The Hall–Kier alpha value is -1.54. The highest BCUT2D eigenvalue weighted by atomic mass is 16.3. The van der Waals surface area contributed by atoms with Gasteiger partial charge in [-0.3, -0.25) is 0 Å². The molecule has 1 N–H and O–H groups in total. The van der Waals surface area contributed by atoms with Crippen LogP contribution in [0.2, 0.25) is 0 Å². The lowest BCUT2D eigenvalue weighted by Gasteiger charge is -2.25. The molecule has 0 bridgehead atoms. The van der Waals surface area contributed by atoms with Crippen LogP contribution in [0.5, 0.6) is 0 Å². The van der Waals surface area contributed by atoms with Gasteiger partial charge in [-0.2, -0.15) is 0 Å². The first-order chi connectivity index (χ1) is 7.86. The van der Waals surface area contributed by atoms with Gasteiger partial charge in [0.1, 0.15) is 5.76 Å². The molecule has 1 aromatic heterocycles. The molecular weight excluding hydrogens is 198 g/mol. The van der Waals surface area contributed by atoms with E-state index in [0.717, 1.165) is 18.7 Å². The van der Waals surface area contributed by atoms with Crippen LogP contribution in [-0.2, 0) is 6.42 Å². The predicted molar refractivity (Wildman–Crippen MR) is 64.3 cm³/mol. The van der Waals surface area contributed by atoms with Crippen molar-refractivity contribution in [2.45, 2.75) is 19.4 Å². The fourth-order valence-electron chi connectivity index (χ4n) is 2.48. The number of benzene rings is 1. The second-order valence-corrected chi connectivity index (χ2v) is 4.28. The van der Waals surface area contributed by atoms with Crippen LogP contribution in [0.25, 0.3) is 11.3 Å². The number of rotatable bonds is 1. The Labute approximate surface area is 95.3 Å². The van der Waals surface area contributed by atoms with Crippen LogP contribution < -0.4 is 5.32 Å². The summed E-state index contributed by atoms with van der Waals surface area (Å²) in [6.45, 7) is 3.26. The molecule has 0 radical (unpaired) electrons. The topological polar surface area (TPSA) is 25.2 Å². The molecule has 2 heterocycles. The lowest BCUT2D eigenvalue weighted by atomic mass is 9.90. The Morgan fingerprint density at radius 3 is 3.00 bits per heavy atom. The third-order valence-electron chi connectivity index (χ3n) is 3.29. The molecular formula is C14H15NO. The van der Waals surface area contributed by atoms with Gasteiger partial charge in [0, 0.05) is 11.6 Å². The number of hydrogen-bond acceptors (Lipinski definition) is 2. The molecule has 82 valence electrons. The van der Waals surface area contributed by atoms with Gasteiger partial charge in [-0.15, -0.1) is 0 Å². The molecule has 2 aromatic rings. The van der Waals surface area contributed by atoms with E-state index in [1.54, 1.807) is 6.26 Å². The zero-order chi connectivity index (χ0) is 11.0. The van der Waals surface area contributed by atoms with Gasteiger partial charge >= 0.3 is 0 Å². The molecule has 3 rings (SSSR count). The molecule has 16 heavy (non-hydrogen) atoms. The van der Waals surface area contributed by atoms with Crippen molar-refractivity contribution in [3.8, 4) is 11.3 Å². The zero-order valence-electron chi connectivity index (χ0n) is 9.36. The molecule has 0 aliphatic carbocycles. The lowest BCUT2D eigenvalue weighted by Crippen LogP contribution is -2.28. The lowest BCUT2D eigenvalue weighted by molar-refractivity contribution is 0.538. The zero-order valence-corrected chi connectivity index (χ0v) is 9.36. The third kappa shape index (κ3) is 1.46. The highest BCUT2D eigenvalue weighted by Crippen LogP contribution is 2.32. The molecule has 2 nitrogen and oxygen atoms in total. The van der Waals surface area contributed by atoms with E-state index < -0.39 is 0 Å². The third-order valence-corrected chi connectivity index (χ3v) is 3.29. The Kier molecular flexibility index (Phi) is 2.29. The Balaban J connectivity index is 2.16. The number of furan rings is 1. The SMILES string of the molecule is CC1NCCc2c(-c3ccco3)cccc21. The van der Waals surface area contributed by atoms with Crippen molar-refractivity contribution in [2.24, 2.45) is 0 Å². The first-order valence-corrected chi connectivity index (χ1v) is 5.75. The van der Waals surface area contributed by atoms with E-state index in [9.17, 15) is 0 Å². The number of fused-ring (bicyclic) bond motifs is 1. The molecule has 0 fully saturated rings. The van der Waals surface area contributed by atoms with Crippen molar-refractivity contribution in [3.05, 3.63) is 47.7 Å². The predicted octanol–water partition coefficient (Wildman–Crippen LogP) is 3.15. The molecule has 1 aliphatic heterocycles. The van der Waals surface area contributed by atoms with Gasteiger partial charge in [0.15, 0.2) is 0 Å². The summed E-state index contributed by atoms with van der Waals surface area (Å²) in [6.07, 6.45) is 2.82. The molecule has 1 unspecified atom stereocenters. The summed E-state index contributed by atoms with van der Waals surface area (Å²) in [7, 11) is 0. The summed E-state index contributed by atoms with van der Waals surface area (Å²) in [5.74, 6) is 0.978. The first kappa shape index (κ1) is 9.67. The van der Waals surface area contributed by atoms with Gasteiger partial charge in [-0.05, 0) is 43.1 Å². The fourth-order valence-corrected chi connectivity index (χ4v) is 2.48. The summed E-state index contributed by atoms with van der Waals surface area (Å²) in [4.78, 5) is 0. The Morgan fingerprint density at radius 1 is 1.25 bits per heavy atom. The van der Waals surface area contributed by atoms with Crippen LogP contribution in [-0.4, -0.2) is 6.54 Å². The molecule has 1 aliphatic rings. The van der Waals surface area contributed by atoms with E-state index in [2.05, 4.69) is 30.4 Å². The minimum Gasteiger partial charge on any atom is -0.464 e. The van der Waals surface area contributed by atoms with Crippen molar-refractivity contribution in [3.63, 3.8) is 0 Å². The quantitative estimate of drug-likeness (QED) is 0.787. The maximum Gasteiger partial charge on any atom is 0.134 e. The highest BCUT2D eigenvalue weighted by Gasteiger charge is 2.19. The maximum absolute atomic E-state index is 5.50. The summed E-state index contributed by atoms with van der Waals surface area (Å²) < 4.78 is 5.50. The molecule has 0 saturated carbocycles. The first-order valence-electron chi connectivity index (χ1n) is 5.75. The minimum atomic E-state index is 0.443. The summed E-state index contributed by atoms with van der Waals surface area (Å²) in [5.41, 5.74) is 4.08. The highest BCUT2D eigenvalue weighted by molar-refractivity contribution is 5.64. The molecule has 2 heteroatoms. The second kappa shape index (κ2) is 3.80. The maximum atomic E-state index is 5.50. The average Bonchev–Trinajstić information content (AvgIpc) is 2.82. The van der Waals surface area contributed by atoms with Gasteiger partial charge in [-0.25, -0.2) is 0 Å². The molecule has 1 atom stereocenters. The van der Waals surface area contributed by atoms with Crippen molar-refractivity contribution >= 4 is 0 Å². The van der Waals surface area contributed by atoms with E-state index in [-0.39, 0.29) is 0 Å². The summed E-state index contributed by atoms with van der Waals surface area (Å²) in [6, 6.07) is 10.9. The monoisotopic (exact) mass is 213 g/mol. The van der Waals surface area contributed by atoms with Crippen LogP contribution in [0.3, 0.4) is 0 Å². The van der Waals surface area contributed by atoms with Gasteiger partial charge in [0.05, 0.1) is 6.26 Å². The van der Waals surface area contributed by atoms with Crippen LogP contribution in [0, 0.1) is 0 Å². The minimum absolute atomic E-state index is 0.443. The summed E-state index contributed by atoms with van der Waals surface area (Å²) >= 11 is 0. The molecule has 1 aromatic carbocycles. The smallest absolute Gasteiger partial charge is 0.134 e. The van der Waals surface area contributed by atoms with Gasteiger partial charge in [0.2, 0.25) is 0 Å². The summed E-state index contributed by atoms with van der Waals surface area (Å²) in [5, 5.41) is 3.48. The standard InChI is InChI=1S/C14H15NO/c1-10-11-4-2-5-13(12(11)7-8-15-10)14-6-3-9-16-14/h2-6,9-10,15H,7-8H2,1H3. The average molecular weight is 213 g/mol. The number of hydrogen-bond donors (Lipinski definition) is 1. The van der Waals surface area contributed by atoms with E-state index in [4.69, 9.17) is 4.42 Å². The van der Waals surface area contributed by atoms with Crippen molar-refractivity contribution in [1.82, 2.24) is 5.32 Å². The van der Waals surface area contributed by atoms with Crippen molar-refractivity contribution in [2.75, 3.05) is 6.54 Å². The van der Waals surface area contributed by atoms with Gasteiger partial charge in [-0.1, -0.05) is 18.2 Å². The van der Waals surface area contributed by atoms with Crippen molar-refractivity contribution < 1.29 is 4.42 Å². The van der Waals surface area contributed by atoms with Crippen LogP contribution in [0.15, 0.2) is 41.0 Å². The van der Waals surface area contributed by atoms with Crippen molar-refractivity contribution in [1.29, 1.82) is 0 Å². The van der Waals surface area contributed by atoms with E-state index >= 15 is 0 Å². The van der Waals surface area contributed by atoms with E-state index in [0.29, 0.717) is 6.04 Å². The Bertz CT molecular complexity index is 487. The van der Waals surface area contributed by atoms with E-state index in [1.807, 2.05) is 12.1 Å². The van der Waals surface area contributed by atoms with Gasteiger partial charge in [0.25, 0.3) is 0 Å². The van der Waals surface area contributed by atoms with Crippen LogP contribution in [0.1, 0.15) is 24.1 Å².